The number of rotatable bonds is 8. The van der Waals surface area contributed by atoms with Crippen molar-refractivity contribution >= 4 is 17.7 Å². The number of benzene rings is 2. The monoisotopic (exact) mass is 483 g/mol. The predicted octanol–water partition coefficient (Wildman–Crippen LogP) is 3.52. The van der Waals surface area contributed by atoms with Crippen LogP contribution in [0.1, 0.15) is 36.0 Å². The number of hydrogen-bond donors (Lipinski definition) is 0. The molecule has 1 atom stereocenters. The Hall–Kier alpha value is -4.00. The van der Waals surface area contributed by atoms with Gasteiger partial charge in [0.25, 0.3) is 0 Å². The SMILES string of the molecule is O=C(CC1(c2ccccc2)CC(=O)N(CCCOc2cccnc2)C1=O)N1CCc2ccccc2C1. The third-order valence-electron chi connectivity index (χ3n) is 7.10. The van der Waals surface area contributed by atoms with E-state index in [1.807, 2.05) is 59.5 Å². The van der Waals surface area contributed by atoms with Crippen LogP contribution in [-0.2, 0) is 32.8 Å². The number of likely N-dealkylation sites (tertiary alicyclic amines) is 1. The van der Waals surface area contributed by atoms with E-state index in [1.54, 1.807) is 18.5 Å². The zero-order valence-electron chi connectivity index (χ0n) is 20.1. The number of imide groups is 1. The molecule has 1 unspecified atom stereocenters. The topological polar surface area (TPSA) is 79.8 Å². The van der Waals surface area contributed by atoms with Crippen molar-refractivity contribution in [2.24, 2.45) is 0 Å². The van der Waals surface area contributed by atoms with Gasteiger partial charge in [0.15, 0.2) is 0 Å². The van der Waals surface area contributed by atoms with E-state index in [4.69, 9.17) is 4.74 Å². The Morgan fingerprint density at radius 1 is 0.972 bits per heavy atom. The molecule has 3 amide bonds. The first-order valence-corrected chi connectivity index (χ1v) is 12.3. The summed E-state index contributed by atoms with van der Waals surface area (Å²) in [6.45, 7) is 1.74. The van der Waals surface area contributed by atoms with Gasteiger partial charge in [-0.3, -0.25) is 24.3 Å². The van der Waals surface area contributed by atoms with Crippen LogP contribution in [0, 0.1) is 0 Å². The highest BCUT2D eigenvalue weighted by molar-refractivity contribution is 6.10. The summed E-state index contributed by atoms with van der Waals surface area (Å²) in [5.74, 6) is -0.00645. The number of fused-ring (bicyclic) bond motifs is 1. The molecule has 2 aliphatic rings. The number of aromatic nitrogens is 1. The smallest absolute Gasteiger partial charge is 0.240 e. The molecular formula is C29H29N3O4. The lowest BCUT2D eigenvalue weighted by Crippen LogP contribution is -2.44. The normalized spacial score (nSPS) is 19.3. The second kappa shape index (κ2) is 10.3. The summed E-state index contributed by atoms with van der Waals surface area (Å²) in [5, 5.41) is 0. The minimum absolute atomic E-state index is 0.00449. The summed E-state index contributed by atoms with van der Waals surface area (Å²) in [6, 6.07) is 21.0. The van der Waals surface area contributed by atoms with Crippen LogP contribution >= 0.6 is 0 Å². The molecule has 0 bridgehead atoms. The van der Waals surface area contributed by atoms with E-state index in [2.05, 4.69) is 11.1 Å². The molecule has 2 aliphatic heterocycles. The van der Waals surface area contributed by atoms with E-state index in [0.717, 1.165) is 12.0 Å². The minimum Gasteiger partial charge on any atom is -0.492 e. The van der Waals surface area contributed by atoms with Crippen LogP contribution in [0.2, 0.25) is 0 Å². The van der Waals surface area contributed by atoms with Gasteiger partial charge >= 0.3 is 0 Å². The van der Waals surface area contributed by atoms with Crippen molar-refractivity contribution < 1.29 is 19.1 Å². The van der Waals surface area contributed by atoms with Gasteiger partial charge in [0.2, 0.25) is 17.7 Å². The Kier molecular flexibility index (Phi) is 6.80. The zero-order chi connectivity index (χ0) is 25.0. The van der Waals surface area contributed by atoms with Gasteiger partial charge in [-0.25, -0.2) is 0 Å². The standard InChI is InChI=1S/C29H29N3O4/c33-26(31-16-13-22-8-4-5-9-23(22)21-31)18-29(24-10-2-1-3-11-24)19-27(34)32(28(29)35)15-7-17-36-25-12-6-14-30-20-25/h1-6,8-12,14,20H,7,13,15-19,21H2. The molecule has 5 rings (SSSR count). The summed E-state index contributed by atoms with van der Waals surface area (Å²) in [6.07, 6.45) is 4.55. The lowest BCUT2D eigenvalue weighted by molar-refractivity contribution is -0.143. The van der Waals surface area contributed by atoms with Crippen molar-refractivity contribution in [3.8, 4) is 5.75 Å². The molecule has 0 radical (unpaired) electrons. The van der Waals surface area contributed by atoms with Gasteiger partial charge in [0.1, 0.15) is 5.75 Å². The molecule has 1 aromatic heterocycles. The molecule has 3 aromatic rings. The Morgan fingerprint density at radius 3 is 2.53 bits per heavy atom. The van der Waals surface area contributed by atoms with Gasteiger partial charge in [-0.15, -0.1) is 0 Å². The molecule has 36 heavy (non-hydrogen) atoms. The highest BCUT2D eigenvalue weighted by Crippen LogP contribution is 2.40. The second-order valence-corrected chi connectivity index (χ2v) is 9.38. The first kappa shape index (κ1) is 23.7. The highest BCUT2D eigenvalue weighted by atomic mass is 16.5. The fourth-order valence-corrected chi connectivity index (χ4v) is 5.17. The van der Waals surface area contributed by atoms with Crippen LogP contribution in [0.3, 0.4) is 0 Å². The largest absolute Gasteiger partial charge is 0.492 e. The molecule has 2 aromatic carbocycles. The molecule has 7 nitrogen and oxygen atoms in total. The summed E-state index contributed by atoms with van der Waals surface area (Å²) in [7, 11) is 0. The number of carbonyl (C=O) groups excluding carboxylic acids is 3. The first-order chi connectivity index (χ1) is 17.6. The Labute approximate surface area is 210 Å². The maximum absolute atomic E-state index is 13.8. The minimum atomic E-state index is -1.18. The van der Waals surface area contributed by atoms with Crippen molar-refractivity contribution in [2.75, 3.05) is 19.7 Å². The highest BCUT2D eigenvalue weighted by Gasteiger charge is 2.53. The van der Waals surface area contributed by atoms with E-state index < -0.39 is 5.41 Å². The van der Waals surface area contributed by atoms with Crippen molar-refractivity contribution in [1.29, 1.82) is 0 Å². The van der Waals surface area contributed by atoms with E-state index in [0.29, 0.717) is 37.4 Å². The average Bonchev–Trinajstić information content (AvgIpc) is 3.16. The van der Waals surface area contributed by atoms with Crippen LogP contribution in [0.5, 0.6) is 5.75 Å². The van der Waals surface area contributed by atoms with Crippen LogP contribution in [0.4, 0.5) is 0 Å². The third kappa shape index (κ3) is 4.73. The van der Waals surface area contributed by atoms with Gasteiger partial charge in [0.05, 0.1) is 18.2 Å². The summed E-state index contributed by atoms with van der Waals surface area (Å²) in [5.41, 5.74) is 1.92. The quantitative estimate of drug-likeness (QED) is 0.362. The van der Waals surface area contributed by atoms with Gasteiger partial charge in [-0.2, -0.15) is 0 Å². The van der Waals surface area contributed by atoms with Gasteiger partial charge in [-0.1, -0.05) is 54.6 Å². The zero-order valence-corrected chi connectivity index (χ0v) is 20.1. The van der Waals surface area contributed by atoms with E-state index >= 15 is 0 Å². The number of pyridine rings is 1. The average molecular weight is 484 g/mol. The van der Waals surface area contributed by atoms with E-state index in [1.165, 1.54) is 10.5 Å². The van der Waals surface area contributed by atoms with E-state index in [9.17, 15) is 14.4 Å². The van der Waals surface area contributed by atoms with Gasteiger partial charge < -0.3 is 9.64 Å². The molecule has 0 aliphatic carbocycles. The fraction of sp³-hybridized carbons (Fsp3) is 0.310. The van der Waals surface area contributed by atoms with Crippen LogP contribution in [0.25, 0.3) is 0 Å². The molecule has 0 N–H and O–H groups in total. The maximum atomic E-state index is 13.8. The van der Waals surface area contributed by atoms with Crippen molar-refractivity contribution in [1.82, 2.24) is 14.8 Å². The Balaban J connectivity index is 1.31. The van der Waals surface area contributed by atoms with Crippen molar-refractivity contribution in [3.63, 3.8) is 0 Å². The Bertz CT molecular complexity index is 1250. The molecule has 3 heterocycles. The second-order valence-electron chi connectivity index (χ2n) is 9.38. The summed E-state index contributed by atoms with van der Waals surface area (Å²) < 4.78 is 5.67. The van der Waals surface area contributed by atoms with E-state index in [-0.39, 0.29) is 37.1 Å². The van der Waals surface area contributed by atoms with Crippen LogP contribution < -0.4 is 4.74 Å². The van der Waals surface area contributed by atoms with Gasteiger partial charge in [0, 0.05) is 38.7 Å². The molecule has 0 saturated carbocycles. The summed E-state index contributed by atoms with van der Waals surface area (Å²) in [4.78, 5) is 47.6. The third-order valence-corrected chi connectivity index (χ3v) is 7.10. The fourth-order valence-electron chi connectivity index (χ4n) is 5.17. The lowest BCUT2D eigenvalue weighted by Gasteiger charge is -2.33. The molecule has 7 heteroatoms. The van der Waals surface area contributed by atoms with Crippen molar-refractivity contribution in [3.05, 3.63) is 95.8 Å². The van der Waals surface area contributed by atoms with Crippen molar-refractivity contribution in [2.45, 2.75) is 37.6 Å². The number of ether oxygens (including phenoxy) is 1. The number of hydrogen-bond acceptors (Lipinski definition) is 5. The predicted molar refractivity (Wildman–Crippen MR) is 134 cm³/mol. The Morgan fingerprint density at radius 2 is 1.75 bits per heavy atom. The molecular weight excluding hydrogens is 454 g/mol. The number of carbonyl (C=O) groups is 3. The van der Waals surface area contributed by atoms with Crippen LogP contribution in [0.15, 0.2) is 79.1 Å². The molecule has 1 fully saturated rings. The number of nitrogens with zero attached hydrogens (tertiary/aromatic N) is 3. The first-order valence-electron chi connectivity index (χ1n) is 12.3. The van der Waals surface area contributed by atoms with Crippen LogP contribution in [-0.4, -0.2) is 52.2 Å². The van der Waals surface area contributed by atoms with Gasteiger partial charge in [-0.05, 0) is 41.7 Å². The molecule has 1 saturated heterocycles. The molecule has 0 spiro atoms. The lowest BCUT2D eigenvalue weighted by atomic mass is 9.75. The summed E-state index contributed by atoms with van der Waals surface area (Å²) >= 11 is 0. The number of amides is 3. The maximum Gasteiger partial charge on any atom is 0.240 e. The molecule has 184 valence electrons.